The highest BCUT2D eigenvalue weighted by Gasteiger charge is 2.36. The molecule has 438 valence electrons. The van der Waals surface area contributed by atoms with Gasteiger partial charge in [-0.3, -0.25) is 67.1 Å². The van der Waals surface area contributed by atoms with Crippen LogP contribution in [0.15, 0.2) is 54.6 Å². The van der Waals surface area contributed by atoms with Crippen molar-refractivity contribution in [2.24, 2.45) is 11.5 Å². The molecular formula is C50H64N12O18S. The number of hydrogen-bond donors (Lipinski definition) is 15. The number of carboxylic acid groups (broad SMARTS) is 3. The zero-order valence-corrected chi connectivity index (χ0v) is 44.3. The summed E-state index contributed by atoms with van der Waals surface area (Å²) in [6.07, 6.45) is -4.86. The van der Waals surface area contributed by atoms with Crippen molar-refractivity contribution in [1.82, 2.24) is 53.2 Å². The number of carbonyl (C=O) groups excluding carboxylic acids is 12. The zero-order valence-electron chi connectivity index (χ0n) is 43.4. The Balaban J connectivity index is 1.83. The van der Waals surface area contributed by atoms with Crippen LogP contribution >= 0.6 is 11.8 Å². The summed E-state index contributed by atoms with van der Waals surface area (Å²) >= 11 is 0.780. The van der Waals surface area contributed by atoms with E-state index in [4.69, 9.17) is 11.5 Å². The van der Waals surface area contributed by atoms with Gasteiger partial charge in [0.05, 0.1) is 30.7 Å². The lowest BCUT2D eigenvalue weighted by Crippen LogP contribution is -2.60. The van der Waals surface area contributed by atoms with Crippen molar-refractivity contribution in [2.75, 3.05) is 24.6 Å². The van der Waals surface area contributed by atoms with E-state index >= 15 is 0 Å². The van der Waals surface area contributed by atoms with Gasteiger partial charge in [0.1, 0.15) is 48.3 Å². The first-order valence-electron chi connectivity index (χ1n) is 25.3. The van der Waals surface area contributed by atoms with Crippen LogP contribution in [0.4, 0.5) is 0 Å². The maximum Gasteiger partial charge on any atom is 0.335 e. The smallest absolute Gasteiger partial charge is 0.335 e. The number of benzene rings is 2. The number of hydrogen-bond acceptors (Lipinski definition) is 16. The van der Waals surface area contributed by atoms with Gasteiger partial charge in [0.25, 0.3) is 0 Å². The summed E-state index contributed by atoms with van der Waals surface area (Å²) in [7, 11) is 0. The van der Waals surface area contributed by atoms with Crippen LogP contribution in [0.1, 0.15) is 79.3 Å². The number of rotatable bonds is 13. The van der Waals surface area contributed by atoms with Crippen LogP contribution in [0.3, 0.4) is 0 Å². The van der Waals surface area contributed by atoms with Crippen molar-refractivity contribution in [3.63, 3.8) is 0 Å². The monoisotopic (exact) mass is 1150 g/mol. The Morgan fingerprint density at radius 1 is 0.519 bits per heavy atom. The third-order valence-electron chi connectivity index (χ3n) is 12.3. The minimum atomic E-state index is -2.12. The standard InChI is InChI=1S/C50H64N12O18S/c51-36(63)20-33-48(77)58-30-13-15-37(64)53-17-5-4-8-28(55-39(66)24-81-23-35(42(52)71)62-45(30)74)44(73)59-32(18-25-6-2-1-3-7-25)47(76)57-29(14-16-40(67)68)43(72)54-22-38(65)56-31(19-26-9-11-27(12-10-26)50(79)80)46(75)61-34(21-41(69)70)49(78)60-33/h1-3,6-7,9-12,28-35H,4-5,8,13-24H2,(H2,51,63)(H2,52,71)(H,53,64)(H,54,72)(H,55,66)(H,56,65)(H,57,76)(H,58,77)(H,59,73)(H,60,78)(H,61,75)(H,62,74)(H,67,68)(H,69,70)(H,79,80)/t28-,29-,30-,31-,32-,33-,34-,35-/m0/s1. The highest BCUT2D eigenvalue weighted by molar-refractivity contribution is 8.00. The quantitative estimate of drug-likeness (QED) is 0.0833. The molecule has 2 aromatic carbocycles. The van der Waals surface area contributed by atoms with E-state index in [2.05, 4.69) is 53.2 Å². The van der Waals surface area contributed by atoms with E-state index in [0.717, 1.165) is 23.9 Å². The van der Waals surface area contributed by atoms with Crippen molar-refractivity contribution < 1.29 is 87.2 Å². The molecule has 2 bridgehead atoms. The number of carboxylic acids is 3. The number of primary amides is 2. The zero-order chi connectivity index (χ0) is 59.8. The predicted molar refractivity (Wildman–Crippen MR) is 281 cm³/mol. The molecule has 0 spiro atoms. The Morgan fingerprint density at radius 3 is 1.68 bits per heavy atom. The fraction of sp³-hybridized carbons (Fsp3) is 0.460. The summed E-state index contributed by atoms with van der Waals surface area (Å²) in [4.78, 5) is 199. The number of thioether (sulfide) groups is 1. The lowest BCUT2D eigenvalue weighted by atomic mass is 10.0. The average Bonchev–Trinajstić information content (AvgIpc) is 3.40. The van der Waals surface area contributed by atoms with Gasteiger partial charge in [-0.1, -0.05) is 42.5 Å². The molecule has 0 saturated carbocycles. The summed E-state index contributed by atoms with van der Waals surface area (Å²) in [5.41, 5.74) is 11.5. The molecule has 12 amide bonds. The lowest BCUT2D eigenvalue weighted by molar-refractivity contribution is -0.142. The van der Waals surface area contributed by atoms with Crippen LogP contribution in [-0.4, -0.2) is 177 Å². The molecule has 8 atom stereocenters. The maximum atomic E-state index is 14.2. The van der Waals surface area contributed by atoms with Gasteiger partial charge < -0.3 is 80.0 Å². The SMILES string of the molecule is NC(=O)C[C@@H]1NC(=O)[C@H](CC(=O)O)NC(=O)[C@H](Cc2ccc(C(=O)O)cc2)NC(=O)CNC(=O)[C@H](CCC(=O)O)NC(=O)[C@H](Cc2ccccc2)NC(=O)[C@@H]2CCCCNC(=O)CC[C@H](NC1=O)C(=O)N[C@H](C(N)=O)CSCC(=O)N2. The minimum Gasteiger partial charge on any atom is -0.481 e. The van der Waals surface area contributed by atoms with Crippen molar-refractivity contribution in [1.29, 1.82) is 0 Å². The van der Waals surface area contributed by atoms with E-state index in [0.29, 0.717) is 5.56 Å². The Labute approximate surface area is 465 Å². The molecule has 81 heavy (non-hydrogen) atoms. The summed E-state index contributed by atoms with van der Waals surface area (Å²) in [5.74, 6) is -18.3. The van der Waals surface area contributed by atoms with E-state index in [-0.39, 0.29) is 49.1 Å². The summed E-state index contributed by atoms with van der Waals surface area (Å²) in [5, 5.41) is 52.6. The van der Waals surface area contributed by atoms with Crippen molar-refractivity contribution in [3.8, 4) is 0 Å². The highest BCUT2D eigenvalue weighted by Crippen LogP contribution is 2.13. The predicted octanol–water partition coefficient (Wildman–Crippen LogP) is -5.31. The van der Waals surface area contributed by atoms with Gasteiger partial charge in [-0.05, 0) is 55.4 Å². The Morgan fingerprint density at radius 2 is 1.07 bits per heavy atom. The fourth-order valence-corrected chi connectivity index (χ4v) is 8.96. The largest absolute Gasteiger partial charge is 0.481 e. The number of amides is 12. The van der Waals surface area contributed by atoms with Gasteiger partial charge in [0.15, 0.2) is 0 Å². The first-order chi connectivity index (χ1) is 38.4. The van der Waals surface area contributed by atoms with Crippen molar-refractivity contribution in [3.05, 3.63) is 71.3 Å². The summed E-state index contributed by atoms with van der Waals surface area (Å²) in [6.45, 7) is -0.996. The van der Waals surface area contributed by atoms with Crippen LogP contribution in [0.5, 0.6) is 0 Å². The molecule has 3 aliphatic heterocycles. The molecule has 31 heteroatoms. The number of aliphatic carboxylic acids is 2. The van der Waals surface area contributed by atoms with E-state index in [1.165, 1.54) is 12.1 Å². The molecular weight excluding hydrogens is 1090 g/mol. The van der Waals surface area contributed by atoms with Crippen LogP contribution in [-0.2, 0) is 80.0 Å². The average molecular weight is 1150 g/mol. The van der Waals surface area contributed by atoms with Gasteiger partial charge >= 0.3 is 17.9 Å². The molecule has 0 aromatic heterocycles. The topological polar surface area (TPSA) is 489 Å². The number of nitrogens with two attached hydrogens (primary N) is 2. The molecule has 3 fully saturated rings. The molecule has 17 N–H and O–H groups in total. The van der Waals surface area contributed by atoms with Crippen molar-refractivity contribution in [2.45, 2.75) is 119 Å². The number of aromatic carboxylic acids is 1. The molecule has 5 rings (SSSR count). The van der Waals surface area contributed by atoms with E-state index in [1.807, 2.05) is 0 Å². The molecule has 0 unspecified atom stereocenters. The normalized spacial score (nSPS) is 24.1. The number of fused-ring (bicyclic) bond motifs is 33. The van der Waals surface area contributed by atoms with Gasteiger partial charge in [0, 0.05) is 38.0 Å². The van der Waals surface area contributed by atoms with E-state index in [9.17, 15) is 87.2 Å². The second-order valence-electron chi connectivity index (χ2n) is 18.7. The third kappa shape index (κ3) is 22.6. The number of carbonyl (C=O) groups is 15. The van der Waals surface area contributed by atoms with Gasteiger partial charge in [-0.15, -0.1) is 11.8 Å². The van der Waals surface area contributed by atoms with Crippen LogP contribution < -0.4 is 64.6 Å². The van der Waals surface area contributed by atoms with Crippen LogP contribution in [0.2, 0.25) is 0 Å². The molecule has 0 radical (unpaired) electrons. The second-order valence-corrected chi connectivity index (χ2v) is 19.8. The molecule has 0 aliphatic carbocycles. The van der Waals surface area contributed by atoms with Gasteiger partial charge in [-0.25, -0.2) is 4.79 Å². The summed E-state index contributed by atoms with van der Waals surface area (Å²) < 4.78 is 0. The Bertz CT molecular complexity index is 2700. The van der Waals surface area contributed by atoms with Gasteiger partial charge in [-0.2, -0.15) is 0 Å². The first-order valence-corrected chi connectivity index (χ1v) is 26.4. The first kappa shape index (κ1) is 64.4. The third-order valence-corrected chi connectivity index (χ3v) is 13.4. The van der Waals surface area contributed by atoms with Crippen LogP contribution in [0.25, 0.3) is 0 Å². The Hall–Kier alpha value is -9.16. The maximum absolute atomic E-state index is 14.2. The van der Waals surface area contributed by atoms with E-state index in [1.54, 1.807) is 30.3 Å². The second kappa shape index (κ2) is 32.0. The van der Waals surface area contributed by atoms with Crippen LogP contribution in [0, 0.1) is 0 Å². The van der Waals surface area contributed by atoms with E-state index < -0.39 is 194 Å². The minimum absolute atomic E-state index is 0.0220. The lowest BCUT2D eigenvalue weighted by Gasteiger charge is -2.27. The Kier molecular flexibility index (Phi) is 25.5. The molecule has 2 aromatic rings. The molecule has 3 heterocycles. The van der Waals surface area contributed by atoms with Gasteiger partial charge in [0.2, 0.25) is 70.9 Å². The highest BCUT2D eigenvalue weighted by atomic mass is 32.2. The van der Waals surface area contributed by atoms with Crippen molar-refractivity contribution >= 4 is 101 Å². The summed E-state index contributed by atoms with van der Waals surface area (Å²) in [6, 6.07) is -0.707. The molecule has 3 aliphatic rings. The fourth-order valence-electron chi connectivity index (χ4n) is 8.09. The molecule has 30 nitrogen and oxygen atoms in total. The number of nitrogens with one attached hydrogen (secondary N) is 10. The molecule has 3 saturated heterocycles.